The van der Waals surface area contributed by atoms with Gasteiger partial charge in [-0.15, -0.1) is 10.2 Å². The fraction of sp³-hybridized carbons (Fsp3) is 0.208. The Kier molecular flexibility index (Phi) is 5.68. The number of benzene rings is 3. The second-order valence-electron chi connectivity index (χ2n) is 7.58. The summed E-state index contributed by atoms with van der Waals surface area (Å²) in [6.07, 6.45) is 0. The summed E-state index contributed by atoms with van der Waals surface area (Å²) in [5, 5.41) is 20.9. The second-order valence-corrected chi connectivity index (χ2v) is 8.51. The number of piperazine rings is 1. The first kappa shape index (κ1) is 20.4. The number of hydrogen-bond donors (Lipinski definition) is 1. The maximum absolute atomic E-state index is 12.7. The third-order valence-electron chi connectivity index (χ3n) is 5.58. The maximum Gasteiger partial charge on any atom is 0.277 e. The lowest BCUT2D eigenvalue weighted by Crippen LogP contribution is -2.49. The molecule has 162 valence electrons. The molecule has 0 spiro atoms. The van der Waals surface area contributed by atoms with Crippen molar-refractivity contribution in [2.45, 2.75) is 5.22 Å². The highest BCUT2D eigenvalue weighted by Crippen LogP contribution is 2.28. The Labute approximate surface area is 189 Å². The van der Waals surface area contributed by atoms with Crippen LogP contribution in [0.3, 0.4) is 0 Å². The SMILES string of the molecule is O=C(CSc1nnc(-c2ccc3ccccc3c2)o1)N1CCN(c2ccccc2O)CC1. The lowest BCUT2D eigenvalue weighted by Gasteiger charge is -2.36. The Morgan fingerprint density at radius 1 is 0.938 bits per heavy atom. The number of thioether (sulfide) groups is 1. The molecule has 0 aliphatic carbocycles. The van der Waals surface area contributed by atoms with Gasteiger partial charge in [-0.05, 0) is 35.0 Å². The minimum atomic E-state index is 0.0392. The molecule has 3 aromatic carbocycles. The van der Waals surface area contributed by atoms with Crippen molar-refractivity contribution in [2.24, 2.45) is 0 Å². The second kappa shape index (κ2) is 8.92. The number of fused-ring (bicyclic) bond motifs is 1. The van der Waals surface area contributed by atoms with Crippen LogP contribution in [0.25, 0.3) is 22.2 Å². The number of hydrogen-bond acceptors (Lipinski definition) is 7. The van der Waals surface area contributed by atoms with Gasteiger partial charge < -0.3 is 19.3 Å². The summed E-state index contributed by atoms with van der Waals surface area (Å²) in [7, 11) is 0. The Hall–Kier alpha value is -3.52. The molecule has 4 aromatic rings. The van der Waals surface area contributed by atoms with E-state index < -0.39 is 0 Å². The van der Waals surface area contributed by atoms with Crippen molar-refractivity contribution in [3.8, 4) is 17.2 Å². The zero-order valence-electron chi connectivity index (χ0n) is 17.3. The van der Waals surface area contributed by atoms with Gasteiger partial charge in [0.2, 0.25) is 11.8 Å². The molecule has 8 heteroatoms. The minimum absolute atomic E-state index is 0.0392. The maximum atomic E-state index is 12.7. The Balaban J connectivity index is 1.16. The summed E-state index contributed by atoms with van der Waals surface area (Å²) in [5.74, 6) is 0.997. The van der Waals surface area contributed by atoms with E-state index in [2.05, 4.69) is 21.2 Å². The van der Waals surface area contributed by atoms with E-state index in [1.807, 2.05) is 53.4 Å². The monoisotopic (exact) mass is 446 g/mol. The van der Waals surface area contributed by atoms with Gasteiger partial charge in [0, 0.05) is 31.7 Å². The molecule has 1 fully saturated rings. The summed E-state index contributed by atoms with van der Waals surface area (Å²) in [6, 6.07) is 21.4. The summed E-state index contributed by atoms with van der Waals surface area (Å²) >= 11 is 1.26. The predicted octanol–water partition coefficient (Wildman–Crippen LogP) is 4.04. The molecule has 0 unspecified atom stereocenters. The number of phenolic OH excluding ortho intramolecular Hbond substituents is 1. The molecule has 1 aliphatic heterocycles. The molecule has 5 rings (SSSR count). The lowest BCUT2D eigenvalue weighted by atomic mass is 10.1. The lowest BCUT2D eigenvalue weighted by molar-refractivity contribution is -0.128. The zero-order valence-corrected chi connectivity index (χ0v) is 18.2. The molecule has 1 saturated heterocycles. The number of anilines is 1. The standard InChI is InChI=1S/C24H22N4O3S/c29-21-8-4-3-7-20(21)27-11-13-28(14-12-27)22(30)16-32-24-26-25-23(31-24)19-10-9-17-5-1-2-6-18(17)15-19/h1-10,15,29H,11-14,16H2. The normalized spacial score (nSPS) is 14.1. The van der Waals surface area contributed by atoms with Crippen LogP contribution in [0.5, 0.6) is 5.75 Å². The van der Waals surface area contributed by atoms with Crippen molar-refractivity contribution in [2.75, 3.05) is 36.8 Å². The summed E-state index contributed by atoms with van der Waals surface area (Å²) < 4.78 is 5.78. The molecule has 2 heterocycles. The van der Waals surface area contributed by atoms with Gasteiger partial charge in [-0.2, -0.15) is 0 Å². The quantitative estimate of drug-likeness (QED) is 0.463. The number of para-hydroxylation sites is 2. The molecule has 0 radical (unpaired) electrons. The molecule has 1 amide bonds. The van der Waals surface area contributed by atoms with Gasteiger partial charge in [0.25, 0.3) is 5.22 Å². The van der Waals surface area contributed by atoms with Crippen LogP contribution in [0.15, 0.2) is 76.4 Å². The first-order valence-electron chi connectivity index (χ1n) is 10.4. The Morgan fingerprint density at radius 3 is 2.50 bits per heavy atom. The molecule has 7 nitrogen and oxygen atoms in total. The van der Waals surface area contributed by atoms with Crippen LogP contribution in [-0.2, 0) is 4.79 Å². The average molecular weight is 447 g/mol. The number of carbonyl (C=O) groups is 1. The van der Waals surface area contributed by atoms with E-state index in [9.17, 15) is 9.90 Å². The van der Waals surface area contributed by atoms with Crippen LogP contribution < -0.4 is 4.90 Å². The third-order valence-corrected chi connectivity index (χ3v) is 6.38. The van der Waals surface area contributed by atoms with Crippen LogP contribution in [0.2, 0.25) is 0 Å². The van der Waals surface area contributed by atoms with Gasteiger partial charge in [-0.25, -0.2) is 0 Å². The van der Waals surface area contributed by atoms with Crippen LogP contribution in [-0.4, -0.2) is 58.0 Å². The summed E-state index contributed by atoms with van der Waals surface area (Å²) in [5.41, 5.74) is 1.66. The molecule has 1 aliphatic rings. The van der Waals surface area contributed by atoms with E-state index in [-0.39, 0.29) is 17.4 Å². The van der Waals surface area contributed by atoms with E-state index in [1.165, 1.54) is 11.8 Å². The number of amides is 1. The number of aromatic nitrogens is 2. The van der Waals surface area contributed by atoms with E-state index in [4.69, 9.17) is 4.42 Å². The molecule has 1 N–H and O–H groups in total. The predicted molar refractivity (Wildman–Crippen MR) is 125 cm³/mol. The molecular formula is C24H22N4O3S. The van der Waals surface area contributed by atoms with Gasteiger partial charge in [-0.3, -0.25) is 4.79 Å². The van der Waals surface area contributed by atoms with E-state index >= 15 is 0 Å². The number of nitrogens with zero attached hydrogens (tertiary/aromatic N) is 4. The Morgan fingerprint density at radius 2 is 1.69 bits per heavy atom. The van der Waals surface area contributed by atoms with Crippen molar-refractivity contribution in [3.05, 3.63) is 66.7 Å². The average Bonchev–Trinajstić information content (AvgIpc) is 3.32. The number of carbonyl (C=O) groups excluding carboxylic acids is 1. The van der Waals surface area contributed by atoms with Gasteiger partial charge in [0.05, 0.1) is 11.4 Å². The van der Waals surface area contributed by atoms with Gasteiger partial charge in [0.15, 0.2) is 0 Å². The van der Waals surface area contributed by atoms with Crippen LogP contribution in [0, 0.1) is 0 Å². The largest absolute Gasteiger partial charge is 0.506 e. The van der Waals surface area contributed by atoms with Crippen molar-refractivity contribution >= 4 is 34.1 Å². The minimum Gasteiger partial charge on any atom is -0.506 e. The zero-order chi connectivity index (χ0) is 21.9. The molecule has 32 heavy (non-hydrogen) atoms. The number of phenols is 1. The van der Waals surface area contributed by atoms with Crippen molar-refractivity contribution in [3.63, 3.8) is 0 Å². The molecule has 0 saturated carbocycles. The summed E-state index contributed by atoms with van der Waals surface area (Å²) in [4.78, 5) is 16.6. The Bertz CT molecular complexity index is 1250. The first-order chi connectivity index (χ1) is 15.7. The van der Waals surface area contributed by atoms with Crippen LogP contribution >= 0.6 is 11.8 Å². The van der Waals surface area contributed by atoms with Crippen molar-refractivity contribution < 1.29 is 14.3 Å². The van der Waals surface area contributed by atoms with Crippen molar-refractivity contribution in [1.82, 2.24) is 15.1 Å². The highest BCUT2D eigenvalue weighted by molar-refractivity contribution is 7.99. The van der Waals surface area contributed by atoms with Crippen LogP contribution in [0.4, 0.5) is 5.69 Å². The molecule has 0 bridgehead atoms. The third kappa shape index (κ3) is 4.27. The van der Waals surface area contributed by atoms with Gasteiger partial charge in [-0.1, -0.05) is 54.2 Å². The van der Waals surface area contributed by atoms with Gasteiger partial charge >= 0.3 is 0 Å². The molecular weight excluding hydrogens is 424 g/mol. The fourth-order valence-corrected chi connectivity index (χ4v) is 4.52. The smallest absolute Gasteiger partial charge is 0.277 e. The van der Waals surface area contributed by atoms with Crippen LogP contribution in [0.1, 0.15) is 0 Å². The number of aromatic hydroxyl groups is 1. The highest BCUT2D eigenvalue weighted by Gasteiger charge is 2.23. The summed E-state index contributed by atoms with van der Waals surface area (Å²) in [6.45, 7) is 2.58. The fourth-order valence-electron chi connectivity index (χ4n) is 3.85. The van der Waals surface area contributed by atoms with Gasteiger partial charge in [0.1, 0.15) is 5.75 Å². The van der Waals surface area contributed by atoms with Crippen molar-refractivity contribution in [1.29, 1.82) is 0 Å². The number of rotatable bonds is 5. The van der Waals surface area contributed by atoms with E-state index in [0.717, 1.165) is 22.0 Å². The van der Waals surface area contributed by atoms with E-state index in [0.29, 0.717) is 37.3 Å². The molecule has 0 atom stereocenters. The topological polar surface area (TPSA) is 82.7 Å². The molecule has 1 aromatic heterocycles. The van der Waals surface area contributed by atoms with E-state index in [1.54, 1.807) is 12.1 Å². The highest BCUT2D eigenvalue weighted by atomic mass is 32.2. The first-order valence-corrected chi connectivity index (χ1v) is 11.4.